The minimum Gasteiger partial charge on any atom is -0.494 e. The summed E-state index contributed by atoms with van der Waals surface area (Å²) in [6, 6.07) is 7.74. The van der Waals surface area contributed by atoms with E-state index >= 15 is 0 Å². The number of hydrogen-bond donors (Lipinski definition) is 0. The third-order valence-corrected chi connectivity index (χ3v) is 12.9. The Kier molecular flexibility index (Phi) is 43.8. The highest BCUT2D eigenvalue weighted by molar-refractivity contribution is 5.93. The first-order valence-corrected chi connectivity index (χ1v) is 28.3. The van der Waals surface area contributed by atoms with Crippen molar-refractivity contribution in [2.24, 2.45) is 0 Å². The number of rotatable bonds is 49. The zero-order chi connectivity index (χ0) is 47.8. The number of carbonyl (C=O) groups is 3. The summed E-state index contributed by atoms with van der Waals surface area (Å²) in [7, 11) is 0. The highest BCUT2D eigenvalue weighted by Crippen LogP contribution is 2.19. The maximum Gasteiger partial charge on any atom is 0.333 e. The Bertz CT molecular complexity index is 1270. The van der Waals surface area contributed by atoms with Crippen LogP contribution in [-0.4, -0.2) is 43.8 Å². The Labute approximate surface area is 407 Å². The van der Waals surface area contributed by atoms with Crippen molar-refractivity contribution in [3.05, 3.63) is 35.4 Å². The molecule has 1 aromatic carbocycles. The third kappa shape index (κ3) is 40.3. The van der Waals surface area contributed by atoms with Gasteiger partial charge >= 0.3 is 17.9 Å². The van der Waals surface area contributed by atoms with E-state index in [2.05, 4.69) is 20.8 Å². The number of hydrogen-bond acceptors (Lipinski definition) is 7. The molecule has 0 aromatic heterocycles. The number of esters is 3. The summed E-state index contributed by atoms with van der Waals surface area (Å²) in [5.41, 5.74) is 1.29. The highest BCUT2D eigenvalue weighted by atomic mass is 16.6. The zero-order valence-electron chi connectivity index (χ0n) is 43.7. The van der Waals surface area contributed by atoms with E-state index < -0.39 is 12.1 Å². The van der Waals surface area contributed by atoms with Gasteiger partial charge in [0.05, 0.1) is 6.61 Å². The van der Waals surface area contributed by atoms with Crippen LogP contribution >= 0.6 is 0 Å². The van der Waals surface area contributed by atoms with Crippen molar-refractivity contribution in [2.45, 2.75) is 291 Å². The minimum absolute atomic E-state index is 0.127. The van der Waals surface area contributed by atoms with Gasteiger partial charge in [-0.3, -0.25) is 9.59 Å². The highest BCUT2D eigenvalue weighted by Gasteiger charge is 2.20. The third-order valence-electron chi connectivity index (χ3n) is 12.9. The monoisotopic (exact) mass is 925 g/mol. The van der Waals surface area contributed by atoms with Gasteiger partial charge in [0.25, 0.3) is 0 Å². The molecule has 0 saturated carbocycles. The normalized spacial score (nSPS) is 12.0. The fraction of sp³-hybridized carbons (Fsp3) is 0.814. The van der Waals surface area contributed by atoms with E-state index in [0.29, 0.717) is 25.0 Å². The molecule has 1 unspecified atom stereocenters. The first kappa shape index (κ1) is 61.2. The number of carbonyl (C=O) groups excluding carboxylic acids is 3. The van der Waals surface area contributed by atoms with E-state index in [1.807, 2.05) is 24.3 Å². The molecule has 1 rings (SSSR count). The van der Waals surface area contributed by atoms with Gasteiger partial charge in [0.15, 0.2) is 6.10 Å². The SMILES string of the molecule is CCCCCCCCCCCCCCCC(=O)OCC(COC(=O)/C(C)=C/c1ccc(OCCCCCCCCCCCCCC)cc1)OC(=O)CCCCCCCCCCCCCCC. The molecular weight excluding hydrogens is 821 g/mol. The van der Waals surface area contributed by atoms with Crippen molar-refractivity contribution in [1.29, 1.82) is 0 Å². The van der Waals surface area contributed by atoms with Crippen molar-refractivity contribution in [3.63, 3.8) is 0 Å². The smallest absolute Gasteiger partial charge is 0.333 e. The Morgan fingerprint density at radius 2 is 0.758 bits per heavy atom. The first-order chi connectivity index (χ1) is 32.4. The van der Waals surface area contributed by atoms with E-state index in [9.17, 15) is 14.4 Å². The topological polar surface area (TPSA) is 88.1 Å². The lowest BCUT2D eigenvalue weighted by molar-refractivity contribution is -0.165. The van der Waals surface area contributed by atoms with Gasteiger partial charge in [-0.2, -0.15) is 0 Å². The van der Waals surface area contributed by atoms with E-state index in [4.69, 9.17) is 18.9 Å². The van der Waals surface area contributed by atoms with Crippen molar-refractivity contribution in [1.82, 2.24) is 0 Å². The van der Waals surface area contributed by atoms with Crippen LogP contribution in [0.3, 0.4) is 0 Å². The van der Waals surface area contributed by atoms with Gasteiger partial charge in [-0.25, -0.2) is 4.79 Å². The second kappa shape index (κ2) is 47.2. The van der Waals surface area contributed by atoms with Gasteiger partial charge in [-0.05, 0) is 50.0 Å². The summed E-state index contributed by atoms with van der Waals surface area (Å²) in [6.07, 6.45) is 49.6. The van der Waals surface area contributed by atoms with Gasteiger partial charge in [0.1, 0.15) is 19.0 Å². The Balaban J connectivity index is 2.46. The molecule has 7 nitrogen and oxygen atoms in total. The molecule has 0 N–H and O–H groups in total. The second-order valence-corrected chi connectivity index (χ2v) is 19.5. The standard InChI is InChI=1S/C59H104O7/c1-5-8-11-14-17-20-23-26-28-31-34-37-40-43-57(60)64-51-56(66-58(61)44-41-38-35-32-29-27-24-21-18-15-12-9-6-2)52-65-59(62)53(4)50-54-45-47-55(48-46-54)63-49-42-39-36-33-30-25-22-19-16-13-10-7-3/h45-48,50,56H,5-44,49,51-52H2,1-4H3/b53-50+. The molecule has 0 saturated heterocycles. The first-order valence-electron chi connectivity index (χ1n) is 28.3. The molecule has 0 fully saturated rings. The van der Waals surface area contributed by atoms with Gasteiger partial charge in [-0.15, -0.1) is 0 Å². The molecule has 7 heteroatoms. The van der Waals surface area contributed by atoms with Gasteiger partial charge in [-0.1, -0.05) is 258 Å². The fourth-order valence-corrected chi connectivity index (χ4v) is 8.58. The van der Waals surface area contributed by atoms with Crippen LogP contribution in [0.4, 0.5) is 0 Å². The Hall–Kier alpha value is -2.83. The second-order valence-electron chi connectivity index (χ2n) is 19.5. The quantitative estimate of drug-likeness (QED) is 0.0278. The lowest BCUT2D eigenvalue weighted by atomic mass is 10.0. The van der Waals surface area contributed by atoms with E-state index in [1.165, 1.54) is 199 Å². The summed E-state index contributed by atoms with van der Waals surface area (Å²) < 4.78 is 22.9. The largest absolute Gasteiger partial charge is 0.494 e. The zero-order valence-corrected chi connectivity index (χ0v) is 43.7. The predicted molar refractivity (Wildman–Crippen MR) is 279 cm³/mol. The molecule has 0 heterocycles. The number of unbranched alkanes of at least 4 members (excludes halogenated alkanes) is 35. The predicted octanol–water partition coefficient (Wildman–Crippen LogP) is 18.1. The Morgan fingerprint density at radius 3 is 1.15 bits per heavy atom. The van der Waals surface area contributed by atoms with Crippen LogP contribution in [0.1, 0.15) is 290 Å². The van der Waals surface area contributed by atoms with Crippen LogP contribution in [0, 0.1) is 0 Å². The van der Waals surface area contributed by atoms with Crippen LogP contribution < -0.4 is 4.74 Å². The van der Waals surface area contributed by atoms with E-state index in [-0.39, 0.29) is 25.2 Å². The summed E-state index contributed by atoms with van der Waals surface area (Å²) in [5.74, 6) is -0.333. The van der Waals surface area contributed by atoms with Gasteiger partial charge in [0, 0.05) is 18.4 Å². The van der Waals surface area contributed by atoms with E-state index in [0.717, 1.165) is 56.3 Å². The summed E-state index contributed by atoms with van der Waals surface area (Å²) >= 11 is 0. The van der Waals surface area contributed by atoms with Crippen LogP contribution in [0.15, 0.2) is 29.8 Å². The van der Waals surface area contributed by atoms with Crippen molar-refractivity contribution in [3.8, 4) is 5.75 Å². The average Bonchev–Trinajstić information content (AvgIpc) is 3.32. The molecule has 0 bridgehead atoms. The summed E-state index contributed by atoms with van der Waals surface area (Å²) in [4.78, 5) is 38.7. The maximum absolute atomic E-state index is 13.1. The van der Waals surface area contributed by atoms with Crippen LogP contribution in [-0.2, 0) is 28.6 Å². The molecule has 1 aromatic rings. The molecule has 0 amide bonds. The van der Waals surface area contributed by atoms with Gasteiger partial charge < -0.3 is 18.9 Å². The lowest BCUT2D eigenvalue weighted by Gasteiger charge is -2.18. The molecule has 382 valence electrons. The summed E-state index contributed by atoms with van der Waals surface area (Å²) in [5, 5.41) is 0. The Morgan fingerprint density at radius 1 is 0.424 bits per heavy atom. The molecule has 66 heavy (non-hydrogen) atoms. The van der Waals surface area contributed by atoms with Crippen molar-refractivity contribution >= 4 is 24.0 Å². The van der Waals surface area contributed by atoms with Crippen LogP contribution in [0.25, 0.3) is 6.08 Å². The summed E-state index contributed by atoms with van der Waals surface area (Å²) in [6.45, 7) is 8.91. The molecule has 0 aliphatic heterocycles. The minimum atomic E-state index is -0.853. The van der Waals surface area contributed by atoms with Gasteiger partial charge in [0.2, 0.25) is 0 Å². The molecule has 0 aliphatic carbocycles. The fourth-order valence-electron chi connectivity index (χ4n) is 8.58. The maximum atomic E-state index is 13.1. The average molecular weight is 925 g/mol. The lowest BCUT2D eigenvalue weighted by Crippen LogP contribution is -2.31. The molecular formula is C59H104O7. The molecule has 0 radical (unpaired) electrons. The van der Waals surface area contributed by atoms with Crippen LogP contribution in [0.2, 0.25) is 0 Å². The molecule has 1 atom stereocenters. The van der Waals surface area contributed by atoms with Crippen molar-refractivity contribution < 1.29 is 33.3 Å². The van der Waals surface area contributed by atoms with Crippen molar-refractivity contribution in [2.75, 3.05) is 19.8 Å². The molecule has 0 spiro atoms. The molecule has 0 aliphatic rings. The number of ether oxygens (including phenoxy) is 4. The number of benzene rings is 1. The van der Waals surface area contributed by atoms with E-state index in [1.54, 1.807) is 13.0 Å². The van der Waals surface area contributed by atoms with Crippen LogP contribution in [0.5, 0.6) is 5.75 Å².